The molecule has 0 fully saturated rings. The number of hydrogen-bond acceptors (Lipinski definition) is 4. The van der Waals surface area contributed by atoms with Crippen molar-refractivity contribution < 1.29 is 17.6 Å². The highest BCUT2D eigenvalue weighted by Gasteiger charge is 2.22. The number of rotatable bonds is 7. The number of nitrogens with one attached hydrogen (secondary N) is 1. The van der Waals surface area contributed by atoms with Gasteiger partial charge < -0.3 is 9.73 Å². The molecule has 1 N–H and O–H groups in total. The monoisotopic (exact) mass is 414 g/mol. The number of carbonyl (C=O) groups excluding carboxylic acids is 1. The molecule has 0 atom stereocenters. The van der Waals surface area contributed by atoms with Gasteiger partial charge in [0.1, 0.15) is 5.58 Å². The molecule has 1 amide bonds. The van der Waals surface area contributed by atoms with Crippen molar-refractivity contribution in [2.24, 2.45) is 0 Å². The second-order valence-corrected chi connectivity index (χ2v) is 8.97. The molecule has 0 saturated heterocycles. The Bertz CT molecular complexity index is 1140. The predicted molar refractivity (Wildman–Crippen MR) is 115 cm³/mol. The van der Waals surface area contributed by atoms with Gasteiger partial charge in [0.2, 0.25) is 15.9 Å². The van der Waals surface area contributed by atoms with Crippen molar-refractivity contribution in [1.82, 2.24) is 4.31 Å². The fourth-order valence-electron chi connectivity index (χ4n) is 3.30. The van der Waals surface area contributed by atoms with Crippen molar-refractivity contribution in [2.75, 3.05) is 18.4 Å². The van der Waals surface area contributed by atoms with Crippen molar-refractivity contribution >= 4 is 32.6 Å². The van der Waals surface area contributed by atoms with E-state index in [1.165, 1.54) is 16.4 Å². The van der Waals surface area contributed by atoms with Gasteiger partial charge in [-0.1, -0.05) is 19.9 Å². The second kappa shape index (κ2) is 8.39. The van der Waals surface area contributed by atoms with Crippen molar-refractivity contribution in [2.45, 2.75) is 39.0 Å². The molecule has 0 spiro atoms. The first-order chi connectivity index (χ1) is 13.8. The van der Waals surface area contributed by atoms with Crippen LogP contribution in [0.25, 0.3) is 11.0 Å². The van der Waals surface area contributed by atoms with E-state index in [9.17, 15) is 13.2 Å². The van der Waals surface area contributed by atoms with Crippen LogP contribution in [0.2, 0.25) is 0 Å². The van der Waals surface area contributed by atoms with Crippen molar-refractivity contribution in [3.05, 3.63) is 59.4 Å². The first-order valence-corrected chi connectivity index (χ1v) is 11.1. The smallest absolute Gasteiger partial charge is 0.243 e. The number of anilines is 1. The van der Waals surface area contributed by atoms with Gasteiger partial charge in [0.05, 0.1) is 17.6 Å². The molecule has 3 aromatic rings. The van der Waals surface area contributed by atoms with Crippen molar-refractivity contribution in [1.29, 1.82) is 0 Å². The number of nitrogens with zero attached hydrogens (tertiary/aromatic N) is 1. The summed E-state index contributed by atoms with van der Waals surface area (Å²) >= 11 is 0. The topological polar surface area (TPSA) is 79.6 Å². The van der Waals surface area contributed by atoms with Gasteiger partial charge in [0, 0.05) is 29.7 Å². The number of hydrogen-bond donors (Lipinski definition) is 1. The minimum absolute atomic E-state index is 0.141. The van der Waals surface area contributed by atoms with E-state index >= 15 is 0 Å². The molecule has 6 nitrogen and oxygen atoms in total. The summed E-state index contributed by atoms with van der Waals surface area (Å²) in [5.41, 5.74) is 4.27. The van der Waals surface area contributed by atoms with E-state index in [0.717, 1.165) is 27.7 Å². The van der Waals surface area contributed by atoms with E-state index in [1.807, 2.05) is 26.0 Å². The molecule has 7 heteroatoms. The summed E-state index contributed by atoms with van der Waals surface area (Å²) < 4.78 is 32.4. The number of aryl methyl sites for hydroxylation is 2. The SMILES string of the molecule is CCN(CC)S(=O)(=O)c1cccc(NC(=O)Cc2coc3cc(C)c(C)cc23)c1. The molecule has 0 bridgehead atoms. The highest BCUT2D eigenvalue weighted by Crippen LogP contribution is 2.26. The van der Waals surface area contributed by atoms with Gasteiger partial charge in [-0.25, -0.2) is 8.42 Å². The second-order valence-electron chi connectivity index (χ2n) is 7.04. The zero-order chi connectivity index (χ0) is 21.2. The van der Waals surface area contributed by atoms with Crippen LogP contribution in [0.1, 0.15) is 30.5 Å². The first-order valence-electron chi connectivity index (χ1n) is 9.63. The Hall–Kier alpha value is -2.64. The molecule has 0 aliphatic carbocycles. The largest absolute Gasteiger partial charge is 0.464 e. The van der Waals surface area contributed by atoms with Gasteiger partial charge in [-0.05, 0) is 55.3 Å². The van der Waals surface area contributed by atoms with Crippen LogP contribution >= 0.6 is 0 Å². The zero-order valence-corrected chi connectivity index (χ0v) is 18.0. The van der Waals surface area contributed by atoms with Gasteiger partial charge >= 0.3 is 0 Å². The Morgan fingerprint density at radius 2 is 1.76 bits per heavy atom. The standard InChI is InChI=1S/C22H26N2O4S/c1-5-24(6-2)29(26,27)19-9-7-8-18(13-19)23-22(25)12-17-14-28-21-11-16(4)15(3)10-20(17)21/h7-11,13-14H,5-6,12H2,1-4H3,(H,23,25). The van der Waals surface area contributed by atoms with Gasteiger partial charge in [-0.3, -0.25) is 4.79 Å². The summed E-state index contributed by atoms with van der Waals surface area (Å²) in [6.07, 6.45) is 1.74. The molecule has 1 heterocycles. The summed E-state index contributed by atoms with van der Waals surface area (Å²) in [5.74, 6) is -0.233. The van der Waals surface area contributed by atoms with Crippen LogP contribution in [-0.4, -0.2) is 31.7 Å². The molecule has 3 rings (SSSR count). The molecular formula is C22H26N2O4S. The van der Waals surface area contributed by atoms with Gasteiger partial charge in [0.15, 0.2) is 0 Å². The van der Waals surface area contributed by atoms with E-state index in [2.05, 4.69) is 5.32 Å². The summed E-state index contributed by atoms with van der Waals surface area (Å²) in [6.45, 7) is 8.41. The number of fused-ring (bicyclic) bond motifs is 1. The molecule has 0 unspecified atom stereocenters. The fourth-order valence-corrected chi connectivity index (χ4v) is 4.80. The zero-order valence-electron chi connectivity index (χ0n) is 17.2. The van der Waals surface area contributed by atoms with Gasteiger partial charge in [-0.2, -0.15) is 4.31 Å². The summed E-state index contributed by atoms with van der Waals surface area (Å²) in [5, 5.41) is 3.71. The Morgan fingerprint density at radius 1 is 1.07 bits per heavy atom. The maximum absolute atomic E-state index is 12.7. The molecule has 29 heavy (non-hydrogen) atoms. The minimum Gasteiger partial charge on any atom is -0.464 e. The molecule has 154 valence electrons. The summed E-state index contributed by atoms with van der Waals surface area (Å²) in [6, 6.07) is 10.3. The van der Waals surface area contributed by atoms with E-state index in [-0.39, 0.29) is 17.2 Å². The number of carbonyl (C=O) groups is 1. The Morgan fingerprint density at radius 3 is 2.45 bits per heavy atom. The Kier molecular flexibility index (Phi) is 6.10. The minimum atomic E-state index is -3.58. The summed E-state index contributed by atoms with van der Waals surface area (Å²) in [4.78, 5) is 12.7. The Balaban J connectivity index is 1.79. The van der Waals surface area contributed by atoms with Crippen molar-refractivity contribution in [3.8, 4) is 0 Å². The lowest BCUT2D eigenvalue weighted by Gasteiger charge is -2.18. The summed E-state index contributed by atoms with van der Waals surface area (Å²) in [7, 11) is -3.58. The van der Waals surface area contributed by atoms with Crippen LogP contribution in [0.5, 0.6) is 0 Å². The third-order valence-corrected chi connectivity index (χ3v) is 7.13. The molecule has 0 aliphatic heterocycles. The predicted octanol–water partition coefficient (Wildman–Crippen LogP) is 4.26. The van der Waals surface area contributed by atoms with Crippen LogP contribution in [0.4, 0.5) is 5.69 Å². The van der Waals surface area contributed by atoms with Crippen LogP contribution < -0.4 is 5.32 Å². The van der Waals surface area contributed by atoms with Crippen LogP contribution in [0, 0.1) is 13.8 Å². The molecular weight excluding hydrogens is 388 g/mol. The van der Waals surface area contributed by atoms with E-state index in [1.54, 1.807) is 32.2 Å². The third kappa shape index (κ3) is 4.36. The number of amides is 1. The maximum Gasteiger partial charge on any atom is 0.243 e. The van der Waals surface area contributed by atoms with Crippen LogP contribution in [0.15, 0.2) is 52.0 Å². The Labute approximate surface area is 171 Å². The molecule has 0 aliphatic rings. The quantitative estimate of drug-likeness (QED) is 0.626. The van der Waals surface area contributed by atoms with E-state index in [0.29, 0.717) is 18.8 Å². The van der Waals surface area contributed by atoms with E-state index < -0.39 is 10.0 Å². The lowest BCUT2D eigenvalue weighted by Crippen LogP contribution is -2.30. The average molecular weight is 415 g/mol. The van der Waals surface area contributed by atoms with Crippen LogP contribution in [0.3, 0.4) is 0 Å². The molecule has 0 radical (unpaired) electrons. The van der Waals surface area contributed by atoms with Gasteiger partial charge in [-0.15, -0.1) is 0 Å². The van der Waals surface area contributed by atoms with Gasteiger partial charge in [0.25, 0.3) is 0 Å². The lowest BCUT2D eigenvalue weighted by molar-refractivity contribution is -0.115. The maximum atomic E-state index is 12.7. The first kappa shape index (κ1) is 21.1. The number of furan rings is 1. The molecule has 2 aromatic carbocycles. The number of benzene rings is 2. The van der Waals surface area contributed by atoms with Crippen LogP contribution in [-0.2, 0) is 21.2 Å². The normalized spacial score (nSPS) is 11.9. The number of sulfonamides is 1. The van der Waals surface area contributed by atoms with E-state index in [4.69, 9.17) is 4.42 Å². The average Bonchev–Trinajstić information content (AvgIpc) is 3.04. The highest BCUT2D eigenvalue weighted by atomic mass is 32.2. The lowest BCUT2D eigenvalue weighted by atomic mass is 10.0. The highest BCUT2D eigenvalue weighted by molar-refractivity contribution is 7.89. The third-order valence-electron chi connectivity index (χ3n) is 5.08. The molecule has 1 aromatic heterocycles. The van der Waals surface area contributed by atoms with Crippen molar-refractivity contribution in [3.63, 3.8) is 0 Å². The molecule has 0 saturated carbocycles. The fraction of sp³-hybridized carbons (Fsp3) is 0.318.